The Kier molecular flexibility index (Phi) is 4.61. The Morgan fingerprint density at radius 2 is 2.21 bits per heavy atom. The smallest absolute Gasteiger partial charge is 0.294 e. The first-order valence-electron chi connectivity index (χ1n) is 4.83. The molecule has 1 rings (SSSR count). The van der Waals surface area contributed by atoms with Crippen molar-refractivity contribution in [2.45, 2.75) is 19.4 Å². The lowest BCUT2D eigenvalue weighted by Gasteiger charge is -2.29. The molecule has 6 heteroatoms. The lowest BCUT2D eigenvalue weighted by Crippen LogP contribution is -2.42. The van der Waals surface area contributed by atoms with Crippen molar-refractivity contribution in [2.75, 3.05) is 32.8 Å². The molecular formula is C8H16N2O4. The molecule has 1 heterocycles. The monoisotopic (exact) mass is 204 g/mol. The minimum absolute atomic E-state index is 0.317. The van der Waals surface area contributed by atoms with Crippen LogP contribution in [0, 0.1) is 10.1 Å². The molecule has 0 N–H and O–H groups in total. The molecule has 82 valence electrons. The third-order valence-corrected chi connectivity index (χ3v) is 2.26. The van der Waals surface area contributed by atoms with Gasteiger partial charge in [0.1, 0.15) is 6.10 Å². The first-order valence-corrected chi connectivity index (χ1v) is 4.83. The summed E-state index contributed by atoms with van der Waals surface area (Å²) in [5.74, 6) is 0. The van der Waals surface area contributed by atoms with Gasteiger partial charge in [-0.2, -0.15) is 0 Å². The topological polar surface area (TPSA) is 64.8 Å². The summed E-state index contributed by atoms with van der Waals surface area (Å²) in [5.41, 5.74) is 0. The Morgan fingerprint density at radius 1 is 1.57 bits per heavy atom. The van der Waals surface area contributed by atoms with Crippen molar-refractivity contribution in [3.63, 3.8) is 0 Å². The summed E-state index contributed by atoms with van der Waals surface area (Å²) >= 11 is 0. The standard InChI is InChI=1S/C8H16N2O4/c1-2-8(14-10(11)12)7-9-3-5-13-6-4-9/h8H,2-7H2,1H3. The summed E-state index contributed by atoms with van der Waals surface area (Å²) < 4.78 is 5.18. The minimum atomic E-state index is -0.714. The highest BCUT2D eigenvalue weighted by molar-refractivity contribution is 4.66. The maximum atomic E-state index is 10.2. The molecule has 0 radical (unpaired) electrons. The van der Waals surface area contributed by atoms with Crippen LogP contribution in [0.4, 0.5) is 0 Å². The first kappa shape index (κ1) is 11.2. The van der Waals surface area contributed by atoms with Gasteiger partial charge in [-0.05, 0) is 6.42 Å². The fourth-order valence-corrected chi connectivity index (χ4v) is 1.43. The molecule has 1 atom stereocenters. The number of hydrogen-bond acceptors (Lipinski definition) is 5. The van der Waals surface area contributed by atoms with E-state index >= 15 is 0 Å². The maximum absolute atomic E-state index is 10.2. The second-order valence-electron chi connectivity index (χ2n) is 3.27. The quantitative estimate of drug-likeness (QED) is 0.476. The summed E-state index contributed by atoms with van der Waals surface area (Å²) in [4.78, 5) is 16.8. The van der Waals surface area contributed by atoms with Gasteiger partial charge < -0.3 is 9.57 Å². The van der Waals surface area contributed by atoms with Gasteiger partial charge in [0.25, 0.3) is 5.09 Å². The van der Waals surface area contributed by atoms with Gasteiger partial charge in [0, 0.05) is 19.6 Å². The summed E-state index contributed by atoms with van der Waals surface area (Å²) in [7, 11) is 0. The Bertz CT molecular complexity index is 182. The molecule has 0 aromatic heterocycles. The number of nitrogens with zero attached hydrogens (tertiary/aromatic N) is 2. The van der Waals surface area contributed by atoms with E-state index in [1.54, 1.807) is 0 Å². The van der Waals surface area contributed by atoms with Crippen LogP contribution in [0.25, 0.3) is 0 Å². The van der Waals surface area contributed by atoms with Crippen LogP contribution in [-0.4, -0.2) is 48.9 Å². The average Bonchev–Trinajstić information content (AvgIpc) is 2.17. The third kappa shape index (κ3) is 3.89. The number of rotatable bonds is 5. The van der Waals surface area contributed by atoms with E-state index < -0.39 is 5.09 Å². The van der Waals surface area contributed by atoms with E-state index in [-0.39, 0.29) is 6.10 Å². The zero-order chi connectivity index (χ0) is 10.4. The number of hydrogen-bond donors (Lipinski definition) is 0. The summed E-state index contributed by atoms with van der Waals surface area (Å²) in [6.07, 6.45) is 0.335. The number of morpholine rings is 1. The molecule has 0 spiro atoms. The lowest BCUT2D eigenvalue weighted by molar-refractivity contribution is -0.768. The van der Waals surface area contributed by atoms with Crippen LogP contribution in [0.3, 0.4) is 0 Å². The van der Waals surface area contributed by atoms with Gasteiger partial charge >= 0.3 is 0 Å². The molecule has 1 fully saturated rings. The molecule has 1 saturated heterocycles. The van der Waals surface area contributed by atoms with Crippen molar-refractivity contribution in [3.05, 3.63) is 10.1 Å². The van der Waals surface area contributed by atoms with E-state index in [1.807, 2.05) is 6.92 Å². The number of ether oxygens (including phenoxy) is 1. The van der Waals surface area contributed by atoms with Crippen molar-refractivity contribution in [3.8, 4) is 0 Å². The van der Waals surface area contributed by atoms with E-state index in [0.29, 0.717) is 26.2 Å². The highest BCUT2D eigenvalue weighted by Crippen LogP contribution is 2.04. The van der Waals surface area contributed by atoms with Crippen LogP contribution in [0.1, 0.15) is 13.3 Å². The lowest BCUT2D eigenvalue weighted by atomic mass is 10.2. The largest absolute Gasteiger partial charge is 0.379 e. The van der Waals surface area contributed by atoms with Gasteiger partial charge in [-0.3, -0.25) is 4.90 Å². The van der Waals surface area contributed by atoms with Crippen LogP contribution in [0.15, 0.2) is 0 Å². The van der Waals surface area contributed by atoms with Crippen LogP contribution >= 0.6 is 0 Å². The SMILES string of the molecule is CCC(CN1CCOCC1)O[N+](=O)[O-]. The fraction of sp³-hybridized carbons (Fsp3) is 1.00. The highest BCUT2D eigenvalue weighted by atomic mass is 17.0. The van der Waals surface area contributed by atoms with Crippen LogP contribution in [0.5, 0.6) is 0 Å². The van der Waals surface area contributed by atoms with E-state index in [1.165, 1.54) is 0 Å². The summed E-state index contributed by atoms with van der Waals surface area (Å²) in [5, 5.41) is 9.44. The maximum Gasteiger partial charge on any atom is 0.294 e. The fourth-order valence-electron chi connectivity index (χ4n) is 1.43. The Balaban J connectivity index is 2.27. The van der Waals surface area contributed by atoms with E-state index in [2.05, 4.69) is 9.74 Å². The molecular weight excluding hydrogens is 188 g/mol. The Labute approximate surface area is 82.9 Å². The normalized spacial score (nSPS) is 20.4. The molecule has 1 unspecified atom stereocenters. The van der Waals surface area contributed by atoms with E-state index in [9.17, 15) is 10.1 Å². The van der Waals surface area contributed by atoms with Crippen molar-refractivity contribution in [2.24, 2.45) is 0 Å². The average molecular weight is 204 g/mol. The van der Waals surface area contributed by atoms with Gasteiger partial charge in [0.15, 0.2) is 0 Å². The summed E-state index contributed by atoms with van der Waals surface area (Å²) in [6.45, 7) is 5.56. The van der Waals surface area contributed by atoms with Crippen molar-refractivity contribution >= 4 is 0 Å². The van der Waals surface area contributed by atoms with Crippen molar-refractivity contribution in [1.29, 1.82) is 0 Å². The highest BCUT2D eigenvalue weighted by Gasteiger charge is 2.17. The van der Waals surface area contributed by atoms with Crippen LogP contribution < -0.4 is 0 Å². The zero-order valence-electron chi connectivity index (χ0n) is 8.35. The second-order valence-corrected chi connectivity index (χ2v) is 3.27. The molecule has 0 aromatic rings. The van der Waals surface area contributed by atoms with E-state index in [4.69, 9.17) is 4.74 Å². The molecule has 14 heavy (non-hydrogen) atoms. The van der Waals surface area contributed by atoms with Crippen molar-refractivity contribution in [1.82, 2.24) is 4.90 Å². The predicted molar refractivity (Wildman–Crippen MR) is 49.4 cm³/mol. The minimum Gasteiger partial charge on any atom is -0.379 e. The van der Waals surface area contributed by atoms with Gasteiger partial charge in [-0.25, -0.2) is 0 Å². The van der Waals surface area contributed by atoms with Gasteiger partial charge in [-0.15, -0.1) is 10.1 Å². The predicted octanol–water partition coefficient (Wildman–Crippen LogP) is 0.306. The van der Waals surface area contributed by atoms with E-state index in [0.717, 1.165) is 13.1 Å². The van der Waals surface area contributed by atoms with Gasteiger partial charge in [0.2, 0.25) is 0 Å². The molecule has 0 saturated carbocycles. The molecule has 0 amide bonds. The van der Waals surface area contributed by atoms with Crippen LogP contribution in [0.2, 0.25) is 0 Å². The molecule has 6 nitrogen and oxygen atoms in total. The van der Waals surface area contributed by atoms with Gasteiger partial charge in [-0.1, -0.05) is 6.92 Å². The summed E-state index contributed by atoms with van der Waals surface area (Å²) in [6, 6.07) is 0. The zero-order valence-corrected chi connectivity index (χ0v) is 8.35. The Hall–Kier alpha value is -0.880. The Morgan fingerprint density at radius 3 is 2.71 bits per heavy atom. The molecule has 0 aromatic carbocycles. The molecule has 1 aliphatic rings. The second kappa shape index (κ2) is 5.77. The molecule has 0 aliphatic carbocycles. The molecule has 1 aliphatic heterocycles. The third-order valence-electron chi connectivity index (χ3n) is 2.26. The van der Waals surface area contributed by atoms with Crippen molar-refractivity contribution < 1.29 is 14.7 Å². The molecule has 0 bridgehead atoms. The van der Waals surface area contributed by atoms with Crippen LogP contribution in [-0.2, 0) is 9.57 Å². The van der Waals surface area contributed by atoms with Gasteiger partial charge in [0.05, 0.1) is 13.2 Å². The first-order chi connectivity index (χ1) is 6.72.